The lowest BCUT2D eigenvalue weighted by molar-refractivity contribution is 0.101. The largest absolute Gasteiger partial charge is 0.496 e. The molecule has 0 bridgehead atoms. The van der Waals surface area contributed by atoms with E-state index in [1.54, 1.807) is 19.1 Å². The average molecular weight is 385 g/mol. The molecule has 0 saturated heterocycles. The Morgan fingerprint density at radius 3 is 2.43 bits per heavy atom. The number of hydrogen-bond donors (Lipinski definition) is 2. The third-order valence-corrected chi connectivity index (χ3v) is 4.07. The van der Waals surface area contributed by atoms with Crippen molar-refractivity contribution in [3.8, 4) is 5.75 Å². The number of urea groups is 1. The van der Waals surface area contributed by atoms with Gasteiger partial charge in [-0.15, -0.1) is 0 Å². The number of rotatable bonds is 4. The van der Waals surface area contributed by atoms with Gasteiger partial charge in [0.1, 0.15) is 22.9 Å². The Morgan fingerprint density at radius 2 is 1.75 bits per heavy atom. The number of hydrogen-bond acceptors (Lipinski definition) is 4. The number of ether oxygens (including phenoxy) is 1. The van der Waals surface area contributed by atoms with Crippen LogP contribution in [0.3, 0.4) is 0 Å². The maximum atomic E-state index is 14.2. The first-order valence-electron chi connectivity index (χ1n) is 8.32. The van der Waals surface area contributed by atoms with Crippen molar-refractivity contribution in [3.05, 3.63) is 59.3 Å². The van der Waals surface area contributed by atoms with Crippen molar-refractivity contribution in [2.75, 3.05) is 17.7 Å². The molecule has 2 amide bonds. The molecule has 1 heterocycles. The molecule has 144 valence electrons. The molecule has 0 spiro atoms. The van der Waals surface area contributed by atoms with Crippen LogP contribution in [0.1, 0.15) is 23.0 Å². The second kappa shape index (κ2) is 7.59. The van der Waals surface area contributed by atoms with Gasteiger partial charge < -0.3 is 15.4 Å². The zero-order valence-corrected chi connectivity index (χ0v) is 15.4. The maximum absolute atomic E-state index is 14.2. The Kier molecular flexibility index (Phi) is 5.21. The van der Waals surface area contributed by atoms with Crippen molar-refractivity contribution in [2.45, 2.75) is 13.8 Å². The Hall–Kier alpha value is -3.55. The molecule has 0 fully saturated rings. The van der Waals surface area contributed by atoms with Gasteiger partial charge in [0.25, 0.3) is 0 Å². The van der Waals surface area contributed by atoms with Crippen LogP contribution < -0.4 is 15.4 Å². The highest BCUT2D eigenvalue weighted by Gasteiger charge is 2.16. The SMILES string of the molecule is COc1ccc(NC(=O)Nc2cc(C)nc3c(F)ccc(F)c23)cc1C(C)=O. The second-order valence-corrected chi connectivity index (χ2v) is 6.11. The van der Waals surface area contributed by atoms with Gasteiger partial charge >= 0.3 is 6.03 Å². The molecule has 0 saturated carbocycles. The first kappa shape index (κ1) is 19.2. The molecule has 0 atom stereocenters. The number of pyridine rings is 1. The minimum Gasteiger partial charge on any atom is -0.496 e. The van der Waals surface area contributed by atoms with E-state index in [-0.39, 0.29) is 22.4 Å². The number of carbonyl (C=O) groups is 2. The van der Waals surface area contributed by atoms with E-state index in [1.807, 2.05) is 0 Å². The third kappa shape index (κ3) is 3.75. The summed E-state index contributed by atoms with van der Waals surface area (Å²) in [6.07, 6.45) is 0. The molecule has 1 aromatic heterocycles. The van der Waals surface area contributed by atoms with Crippen molar-refractivity contribution in [1.82, 2.24) is 4.98 Å². The van der Waals surface area contributed by atoms with Gasteiger partial charge in [0.2, 0.25) is 0 Å². The first-order valence-corrected chi connectivity index (χ1v) is 8.32. The van der Waals surface area contributed by atoms with Crippen LogP contribution in [0.2, 0.25) is 0 Å². The summed E-state index contributed by atoms with van der Waals surface area (Å²) in [4.78, 5) is 28.1. The fourth-order valence-electron chi connectivity index (χ4n) is 2.84. The van der Waals surface area contributed by atoms with Gasteiger partial charge in [-0.3, -0.25) is 4.79 Å². The Morgan fingerprint density at radius 1 is 1.04 bits per heavy atom. The van der Waals surface area contributed by atoms with Crippen molar-refractivity contribution in [2.24, 2.45) is 0 Å². The molecular formula is C20H17F2N3O3. The standard InChI is InChI=1S/C20H17F2N3O3/c1-10-8-16(18-14(21)5-6-15(22)19(18)23-10)25-20(27)24-12-4-7-17(28-3)13(9-12)11(2)26/h4-9H,1-3H3,(H2,23,24,25,27). The summed E-state index contributed by atoms with van der Waals surface area (Å²) in [5, 5.41) is 4.94. The monoisotopic (exact) mass is 385 g/mol. The van der Waals surface area contributed by atoms with E-state index >= 15 is 0 Å². The van der Waals surface area contributed by atoms with Gasteiger partial charge in [-0.05, 0) is 50.2 Å². The van der Waals surface area contributed by atoms with Gasteiger partial charge in [0, 0.05) is 11.4 Å². The summed E-state index contributed by atoms with van der Waals surface area (Å²) < 4.78 is 33.3. The summed E-state index contributed by atoms with van der Waals surface area (Å²) >= 11 is 0. The lowest BCUT2D eigenvalue weighted by Gasteiger charge is -2.13. The lowest BCUT2D eigenvalue weighted by atomic mass is 10.1. The number of nitrogens with zero attached hydrogens (tertiary/aromatic N) is 1. The number of methoxy groups -OCH3 is 1. The van der Waals surface area contributed by atoms with Gasteiger partial charge in [-0.25, -0.2) is 18.6 Å². The molecule has 0 unspecified atom stereocenters. The topological polar surface area (TPSA) is 80.3 Å². The van der Waals surface area contributed by atoms with Crippen LogP contribution in [0.4, 0.5) is 25.0 Å². The van der Waals surface area contributed by atoms with Crippen LogP contribution in [0.15, 0.2) is 36.4 Å². The number of nitrogens with one attached hydrogen (secondary N) is 2. The first-order chi connectivity index (χ1) is 13.3. The number of amides is 2. The molecule has 3 rings (SSSR count). The van der Waals surface area contributed by atoms with Crippen LogP contribution in [0, 0.1) is 18.6 Å². The highest BCUT2D eigenvalue weighted by molar-refractivity contribution is 6.06. The van der Waals surface area contributed by atoms with E-state index in [4.69, 9.17) is 4.74 Å². The molecule has 6 nitrogen and oxygen atoms in total. The number of aryl methyl sites for hydroxylation is 1. The predicted molar refractivity (Wildman–Crippen MR) is 102 cm³/mol. The highest BCUT2D eigenvalue weighted by Crippen LogP contribution is 2.28. The van der Waals surface area contributed by atoms with Crippen molar-refractivity contribution < 1.29 is 23.1 Å². The van der Waals surface area contributed by atoms with Crippen LogP contribution in [0.25, 0.3) is 10.9 Å². The van der Waals surface area contributed by atoms with Crippen LogP contribution >= 0.6 is 0 Å². The average Bonchev–Trinajstić information content (AvgIpc) is 2.64. The minimum atomic E-state index is -0.706. The Labute approximate surface area is 159 Å². The number of benzene rings is 2. The normalized spacial score (nSPS) is 10.6. The summed E-state index contributed by atoms with van der Waals surface area (Å²) in [6.45, 7) is 2.99. The van der Waals surface area contributed by atoms with E-state index in [0.29, 0.717) is 22.7 Å². The van der Waals surface area contributed by atoms with Gasteiger partial charge in [0.15, 0.2) is 5.78 Å². The fraction of sp³-hybridized carbons (Fsp3) is 0.150. The van der Waals surface area contributed by atoms with Gasteiger partial charge in [-0.1, -0.05) is 0 Å². The molecule has 0 radical (unpaired) electrons. The molecular weight excluding hydrogens is 368 g/mol. The van der Waals surface area contributed by atoms with Gasteiger partial charge in [-0.2, -0.15) is 0 Å². The number of Topliss-reactive ketones (excluding diaryl/α,β-unsaturated/α-hetero) is 1. The fourth-order valence-corrected chi connectivity index (χ4v) is 2.84. The zero-order valence-electron chi connectivity index (χ0n) is 15.4. The molecule has 0 aliphatic rings. The van der Waals surface area contributed by atoms with Crippen LogP contribution in [-0.4, -0.2) is 23.9 Å². The molecule has 8 heteroatoms. The minimum absolute atomic E-state index is 0.0808. The number of halogens is 2. The van der Waals surface area contributed by atoms with E-state index in [2.05, 4.69) is 15.6 Å². The van der Waals surface area contributed by atoms with Gasteiger partial charge in [0.05, 0.1) is 23.7 Å². The summed E-state index contributed by atoms with van der Waals surface area (Å²) in [5.41, 5.74) is 0.968. The van der Waals surface area contributed by atoms with E-state index in [1.165, 1.54) is 26.2 Å². The third-order valence-electron chi connectivity index (χ3n) is 4.07. The lowest BCUT2D eigenvalue weighted by Crippen LogP contribution is -2.20. The molecule has 0 aliphatic carbocycles. The molecule has 0 aliphatic heterocycles. The quantitative estimate of drug-likeness (QED) is 0.639. The summed E-state index contributed by atoms with van der Waals surface area (Å²) in [6, 6.07) is 7.29. The number of ketones is 1. The van der Waals surface area contributed by atoms with E-state index in [0.717, 1.165) is 12.1 Å². The Bertz CT molecular complexity index is 1100. The smallest absolute Gasteiger partial charge is 0.323 e. The Balaban J connectivity index is 1.91. The van der Waals surface area contributed by atoms with Crippen molar-refractivity contribution in [3.63, 3.8) is 0 Å². The number of carbonyl (C=O) groups excluding carboxylic acids is 2. The number of fused-ring (bicyclic) bond motifs is 1. The molecule has 28 heavy (non-hydrogen) atoms. The number of anilines is 2. The molecule has 2 N–H and O–H groups in total. The van der Waals surface area contributed by atoms with Crippen LogP contribution in [0.5, 0.6) is 5.75 Å². The summed E-state index contributed by atoms with van der Waals surface area (Å²) in [5.74, 6) is -1.24. The van der Waals surface area contributed by atoms with E-state index < -0.39 is 17.7 Å². The van der Waals surface area contributed by atoms with Crippen LogP contribution in [-0.2, 0) is 0 Å². The predicted octanol–water partition coefficient (Wildman–Crippen LogP) is 4.68. The molecule has 3 aromatic rings. The maximum Gasteiger partial charge on any atom is 0.323 e. The zero-order chi connectivity index (χ0) is 20.4. The van der Waals surface area contributed by atoms with E-state index in [9.17, 15) is 18.4 Å². The second-order valence-electron chi connectivity index (χ2n) is 6.11. The van der Waals surface area contributed by atoms with Crippen molar-refractivity contribution in [1.29, 1.82) is 0 Å². The number of aromatic nitrogens is 1. The molecule has 2 aromatic carbocycles. The summed E-state index contributed by atoms with van der Waals surface area (Å²) in [7, 11) is 1.44. The highest BCUT2D eigenvalue weighted by atomic mass is 19.1. The van der Waals surface area contributed by atoms with Crippen molar-refractivity contribution >= 4 is 34.1 Å².